The lowest BCUT2D eigenvalue weighted by Gasteiger charge is -2.33. The highest BCUT2D eigenvalue weighted by molar-refractivity contribution is 5.68. The maximum atomic E-state index is 12.2. The van der Waals surface area contributed by atoms with Gasteiger partial charge >= 0.3 is 12.5 Å². The van der Waals surface area contributed by atoms with Crippen LogP contribution in [0.4, 0.5) is 18.0 Å². The number of carbonyl (C=O) groups is 1. The van der Waals surface area contributed by atoms with Crippen molar-refractivity contribution in [2.24, 2.45) is 0 Å². The molecular formula is C20H24F3N3O4. The predicted molar refractivity (Wildman–Crippen MR) is 102 cm³/mol. The minimum Gasteiger partial charge on any atom is -0.444 e. The Balaban J connectivity index is 1.53. The average Bonchev–Trinajstić information content (AvgIpc) is 3.09. The fraction of sp³-hybridized carbons (Fsp3) is 0.500. The van der Waals surface area contributed by atoms with E-state index in [4.69, 9.17) is 9.47 Å². The van der Waals surface area contributed by atoms with Crippen LogP contribution in [0, 0.1) is 0 Å². The molecule has 10 heteroatoms. The van der Waals surface area contributed by atoms with E-state index in [-0.39, 0.29) is 17.9 Å². The second kappa shape index (κ2) is 8.45. The summed E-state index contributed by atoms with van der Waals surface area (Å²) in [6, 6.07) is 6.89. The molecule has 1 aliphatic rings. The fourth-order valence-corrected chi connectivity index (χ4v) is 3.05. The molecule has 2 heterocycles. The van der Waals surface area contributed by atoms with Gasteiger partial charge in [-0.05, 0) is 57.9 Å². The van der Waals surface area contributed by atoms with Gasteiger partial charge in [0.25, 0.3) is 0 Å². The third kappa shape index (κ3) is 6.30. The number of amides is 1. The lowest BCUT2D eigenvalue weighted by Crippen LogP contribution is -2.42. The molecule has 2 aromatic rings. The summed E-state index contributed by atoms with van der Waals surface area (Å²) in [6.45, 7) is 6.63. The number of aromatic nitrogens is 2. The molecule has 0 saturated carbocycles. The van der Waals surface area contributed by atoms with Crippen LogP contribution in [-0.4, -0.2) is 45.8 Å². The Kier molecular flexibility index (Phi) is 6.14. The van der Waals surface area contributed by atoms with E-state index in [1.165, 1.54) is 24.3 Å². The van der Waals surface area contributed by atoms with Crippen molar-refractivity contribution in [1.29, 1.82) is 0 Å². The Morgan fingerprint density at radius 1 is 1.03 bits per heavy atom. The van der Waals surface area contributed by atoms with Gasteiger partial charge in [-0.2, -0.15) is 0 Å². The lowest BCUT2D eigenvalue weighted by atomic mass is 10.1. The standard InChI is InChI=1S/C20H24F3N3O4/c1-19(2,3)30-18(27)25-11-8-14(9-12-25)26-13-10-17(24-26)28-15-4-6-16(7-5-15)29-20(21,22)23/h4-7,10,13-14H,8-9,11-12H2,1-3H3. The molecule has 0 unspecified atom stereocenters. The number of rotatable bonds is 4. The third-order valence-electron chi connectivity index (χ3n) is 4.35. The van der Waals surface area contributed by atoms with Crippen molar-refractivity contribution < 1.29 is 32.2 Å². The smallest absolute Gasteiger partial charge is 0.444 e. The van der Waals surface area contributed by atoms with Crippen molar-refractivity contribution in [3.8, 4) is 17.4 Å². The Hall–Kier alpha value is -2.91. The summed E-state index contributed by atoms with van der Waals surface area (Å²) in [5, 5.41) is 4.39. The summed E-state index contributed by atoms with van der Waals surface area (Å²) < 4.78 is 53.2. The number of piperidine rings is 1. The number of ether oxygens (including phenoxy) is 3. The minimum atomic E-state index is -4.74. The molecule has 0 aliphatic carbocycles. The molecule has 0 spiro atoms. The molecule has 0 atom stereocenters. The van der Waals surface area contributed by atoms with Crippen LogP contribution in [0.25, 0.3) is 0 Å². The predicted octanol–water partition coefficient (Wildman–Crippen LogP) is 5.15. The number of alkyl halides is 3. The first-order valence-electron chi connectivity index (χ1n) is 9.55. The molecule has 7 nitrogen and oxygen atoms in total. The SMILES string of the molecule is CC(C)(C)OC(=O)N1CCC(n2ccc(Oc3ccc(OC(F)(F)F)cc3)n2)CC1. The topological polar surface area (TPSA) is 65.8 Å². The molecule has 0 bridgehead atoms. The fourth-order valence-electron chi connectivity index (χ4n) is 3.05. The van der Waals surface area contributed by atoms with Crippen molar-refractivity contribution in [2.75, 3.05) is 13.1 Å². The first-order valence-corrected chi connectivity index (χ1v) is 9.55. The highest BCUT2D eigenvalue weighted by Crippen LogP contribution is 2.28. The van der Waals surface area contributed by atoms with E-state index in [9.17, 15) is 18.0 Å². The summed E-state index contributed by atoms with van der Waals surface area (Å²) >= 11 is 0. The van der Waals surface area contributed by atoms with Crippen molar-refractivity contribution in [3.05, 3.63) is 36.5 Å². The lowest BCUT2D eigenvalue weighted by molar-refractivity contribution is -0.274. The number of likely N-dealkylation sites (tertiary alicyclic amines) is 1. The van der Waals surface area contributed by atoms with E-state index in [0.29, 0.717) is 24.7 Å². The Labute approximate surface area is 172 Å². The summed E-state index contributed by atoms with van der Waals surface area (Å²) in [5.74, 6) is 0.348. The number of carbonyl (C=O) groups excluding carboxylic acids is 1. The average molecular weight is 427 g/mol. The number of hydrogen-bond donors (Lipinski definition) is 0. The second-order valence-electron chi connectivity index (χ2n) is 7.95. The van der Waals surface area contributed by atoms with Crippen LogP contribution < -0.4 is 9.47 Å². The largest absolute Gasteiger partial charge is 0.573 e. The first kappa shape index (κ1) is 21.8. The molecule has 1 aromatic heterocycles. The molecule has 1 aromatic carbocycles. The molecular weight excluding hydrogens is 403 g/mol. The van der Waals surface area contributed by atoms with Crippen LogP contribution in [0.15, 0.2) is 36.5 Å². The summed E-state index contributed by atoms with van der Waals surface area (Å²) in [5.41, 5.74) is -0.529. The van der Waals surface area contributed by atoms with E-state index in [1.54, 1.807) is 21.8 Å². The molecule has 30 heavy (non-hydrogen) atoms. The zero-order valence-electron chi connectivity index (χ0n) is 17.0. The van der Waals surface area contributed by atoms with E-state index >= 15 is 0 Å². The van der Waals surface area contributed by atoms with Crippen molar-refractivity contribution in [1.82, 2.24) is 14.7 Å². The Bertz CT molecular complexity index is 851. The van der Waals surface area contributed by atoms with Crippen LogP contribution in [0.5, 0.6) is 17.4 Å². The Morgan fingerprint density at radius 3 is 2.20 bits per heavy atom. The van der Waals surface area contributed by atoms with Crippen LogP contribution in [0.2, 0.25) is 0 Å². The van der Waals surface area contributed by atoms with Gasteiger partial charge in [0.2, 0.25) is 5.88 Å². The van der Waals surface area contributed by atoms with Gasteiger partial charge in [-0.15, -0.1) is 18.3 Å². The zero-order valence-corrected chi connectivity index (χ0v) is 17.0. The maximum absolute atomic E-state index is 12.2. The van der Waals surface area contributed by atoms with Gasteiger partial charge in [0, 0.05) is 25.4 Å². The number of nitrogens with zero attached hydrogens (tertiary/aromatic N) is 3. The van der Waals surface area contributed by atoms with Gasteiger partial charge < -0.3 is 19.1 Å². The molecule has 0 N–H and O–H groups in total. The van der Waals surface area contributed by atoms with Gasteiger partial charge in [0.1, 0.15) is 17.1 Å². The maximum Gasteiger partial charge on any atom is 0.573 e. The molecule has 0 radical (unpaired) electrons. The zero-order chi connectivity index (χ0) is 21.9. The summed E-state index contributed by atoms with van der Waals surface area (Å²) in [4.78, 5) is 13.8. The van der Waals surface area contributed by atoms with Gasteiger partial charge in [0.05, 0.1) is 6.04 Å². The van der Waals surface area contributed by atoms with E-state index < -0.39 is 12.0 Å². The van der Waals surface area contributed by atoms with Crippen LogP contribution >= 0.6 is 0 Å². The van der Waals surface area contributed by atoms with Crippen molar-refractivity contribution in [3.63, 3.8) is 0 Å². The molecule has 3 rings (SSSR count). The summed E-state index contributed by atoms with van der Waals surface area (Å²) in [6.07, 6.45) is -1.82. The van der Waals surface area contributed by atoms with Crippen LogP contribution in [0.3, 0.4) is 0 Å². The number of hydrogen-bond acceptors (Lipinski definition) is 5. The van der Waals surface area contributed by atoms with E-state index in [0.717, 1.165) is 12.8 Å². The number of halogens is 3. The highest BCUT2D eigenvalue weighted by Gasteiger charge is 2.31. The quantitative estimate of drug-likeness (QED) is 0.676. The first-order chi connectivity index (χ1) is 14.0. The molecule has 1 aliphatic heterocycles. The second-order valence-corrected chi connectivity index (χ2v) is 7.95. The van der Waals surface area contributed by atoms with E-state index in [1.807, 2.05) is 20.8 Å². The van der Waals surface area contributed by atoms with Crippen LogP contribution in [-0.2, 0) is 4.74 Å². The Morgan fingerprint density at radius 2 is 1.63 bits per heavy atom. The van der Waals surface area contributed by atoms with Gasteiger partial charge in [0.15, 0.2) is 0 Å². The minimum absolute atomic E-state index is 0.114. The number of benzene rings is 1. The summed E-state index contributed by atoms with van der Waals surface area (Å²) in [7, 11) is 0. The highest BCUT2D eigenvalue weighted by atomic mass is 19.4. The monoisotopic (exact) mass is 427 g/mol. The molecule has 164 valence electrons. The molecule has 1 amide bonds. The normalized spacial score (nSPS) is 15.7. The molecule has 1 saturated heterocycles. The van der Waals surface area contributed by atoms with Gasteiger partial charge in [-0.3, -0.25) is 4.68 Å². The molecule has 1 fully saturated rings. The third-order valence-corrected chi connectivity index (χ3v) is 4.35. The van der Waals surface area contributed by atoms with Gasteiger partial charge in [-0.1, -0.05) is 0 Å². The van der Waals surface area contributed by atoms with Crippen molar-refractivity contribution in [2.45, 2.75) is 51.6 Å². The van der Waals surface area contributed by atoms with Crippen LogP contribution in [0.1, 0.15) is 39.7 Å². The van der Waals surface area contributed by atoms with Gasteiger partial charge in [-0.25, -0.2) is 4.79 Å². The van der Waals surface area contributed by atoms with Crippen molar-refractivity contribution >= 4 is 6.09 Å². The van der Waals surface area contributed by atoms with E-state index in [2.05, 4.69) is 9.84 Å².